The average Bonchev–Trinajstić information content (AvgIpc) is 2.84. The molecule has 1 fully saturated rings. The van der Waals surface area contributed by atoms with Crippen molar-refractivity contribution in [3.05, 3.63) is 21.3 Å². The van der Waals surface area contributed by atoms with Crippen molar-refractivity contribution in [2.75, 3.05) is 26.2 Å². The summed E-state index contributed by atoms with van der Waals surface area (Å²) in [4.78, 5) is 17.7. The minimum atomic E-state index is -0.331. The monoisotopic (exact) mass is 315 g/mol. The summed E-state index contributed by atoms with van der Waals surface area (Å²) in [6, 6.07) is 3.68. The van der Waals surface area contributed by atoms with E-state index >= 15 is 0 Å². The standard InChI is InChI=1S/C14H22ClN3OS/c1-2-3-12(16)14(19)18-8-6-17(7-9-18)10-11-4-5-13(15)20-11/h4-5,12H,2-3,6-10,16H2,1H3. The number of carbonyl (C=O) groups excluding carboxylic acids is 1. The highest BCUT2D eigenvalue weighted by Gasteiger charge is 2.24. The van der Waals surface area contributed by atoms with Gasteiger partial charge in [-0.1, -0.05) is 24.9 Å². The number of halogens is 1. The predicted octanol–water partition coefficient (Wildman–Crippen LogP) is 2.17. The maximum absolute atomic E-state index is 12.1. The van der Waals surface area contributed by atoms with Crippen LogP contribution in [-0.4, -0.2) is 47.9 Å². The first-order valence-electron chi connectivity index (χ1n) is 7.11. The lowest BCUT2D eigenvalue weighted by atomic mass is 10.1. The van der Waals surface area contributed by atoms with Crippen molar-refractivity contribution in [2.24, 2.45) is 5.73 Å². The maximum atomic E-state index is 12.1. The quantitative estimate of drug-likeness (QED) is 0.906. The normalized spacial score (nSPS) is 18.2. The highest BCUT2D eigenvalue weighted by atomic mass is 35.5. The first-order chi connectivity index (χ1) is 9.60. The Kier molecular flexibility index (Phi) is 5.84. The number of amides is 1. The van der Waals surface area contributed by atoms with Gasteiger partial charge in [0.2, 0.25) is 5.91 Å². The summed E-state index contributed by atoms with van der Waals surface area (Å²) in [5.41, 5.74) is 5.90. The number of rotatable bonds is 5. The van der Waals surface area contributed by atoms with Crippen molar-refractivity contribution >= 4 is 28.8 Å². The molecule has 0 saturated carbocycles. The number of hydrogen-bond donors (Lipinski definition) is 1. The number of nitrogens with two attached hydrogens (primary N) is 1. The summed E-state index contributed by atoms with van der Waals surface area (Å²) in [6.45, 7) is 6.32. The Labute approximate surface area is 129 Å². The van der Waals surface area contributed by atoms with Crippen LogP contribution < -0.4 is 5.73 Å². The van der Waals surface area contributed by atoms with Crippen molar-refractivity contribution in [2.45, 2.75) is 32.4 Å². The zero-order valence-corrected chi connectivity index (χ0v) is 13.4. The number of thiophene rings is 1. The predicted molar refractivity (Wildman–Crippen MR) is 84.1 cm³/mol. The summed E-state index contributed by atoms with van der Waals surface area (Å²) in [5, 5.41) is 0. The molecular formula is C14H22ClN3OS. The van der Waals surface area contributed by atoms with E-state index in [1.807, 2.05) is 11.0 Å². The van der Waals surface area contributed by atoms with Gasteiger partial charge in [0.05, 0.1) is 10.4 Å². The second-order valence-corrected chi connectivity index (χ2v) is 7.00. The highest BCUT2D eigenvalue weighted by molar-refractivity contribution is 7.16. The van der Waals surface area contributed by atoms with Gasteiger partial charge in [0.25, 0.3) is 0 Å². The van der Waals surface area contributed by atoms with Gasteiger partial charge in [0.1, 0.15) is 0 Å². The lowest BCUT2D eigenvalue weighted by Gasteiger charge is -2.35. The van der Waals surface area contributed by atoms with E-state index in [1.54, 1.807) is 11.3 Å². The SMILES string of the molecule is CCCC(N)C(=O)N1CCN(Cc2ccc(Cl)s2)CC1. The molecule has 1 unspecified atom stereocenters. The highest BCUT2D eigenvalue weighted by Crippen LogP contribution is 2.23. The number of carbonyl (C=O) groups is 1. The Morgan fingerprint density at radius 1 is 1.40 bits per heavy atom. The van der Waals surface area contributed by atoms with Crippen molar-refractivity contribution in [1.82, 2.24) is 9.80 Å². The van der Waals surface area contributed by atoms with E-state index in [-0.39, 0.29) is 11.9 Å². The Balaban J connectivity index is 1.78. The molecule has 0 aromatic carbocycles. The van der Waals surface area contributed by atoms with Crippen molar-refractivity contribution in [3.8, 4) is 0 Å². The van der Waals surface area contributed by atoms with Gasteiger partial charge in [-0.15, -0.1) is 11.3 Å². The number of piperazine rings is 1. The summed E-state index contributed by atoms with van der Waals surface area (Å²) in [7, 11) is 0. The second kappa shape index (κ2) is 7.41. The Morgan fingerprint density at radius 2 is 2.10 bits per heavy atom. The molecule has 6 heteroatoms. The maximum Gasteiger partial charge on any atom is 0.239 e. The van der Waals surface area contributed by atoms with Crippen LogP contribution in [-0.2, 0) is 11.3 Å². The van der Waals surface area contributed by atoms with Crippen LogP contribution in [0.2, 0.25) is 4.34 Å². The summed E-state index contributed by atoms with van der Waals surface area (Å²) in [5.74, 6) is 0.102. The van der Waals surface area contributed by atoms with Gasteiger partial charge in [0, 0.05) is 37.6 Å². The number of hydrogen-bond acceptors (Lipinski definition) is 4. The molecule has 2 N–H and O–H groups in total. The van der Waals surface area contributed by atoms with Crippen LogP contribution in [0, 0.1) is 0 Å². The minimum absolute atomic E-state index is 0.102. The molecule has 1 atom stereocenters. The largest absolute Gasteiger partial charge is 0.339 e. The average molecular weight is 316 g/mol. The molecule has 0 radical (unpaired) electrons. The van der Waals surface area contributed by atoms with Gasteiger partial charge in [-0.3, -0.25) is 9.69 Å². The molecule has 1 aliphatic rings. The molecule has 0 spiro atoms. The van der Waals surface area contributed by atoms with Crippen molar-refractivity contribution < 1.29 is 4.79 Å². The fourth-order valence-electron chi connectivity index (χ4n) is 2.45. The van der Waals surface area contributed by atoms with Crippen molar-refractivity contribution in [3.63, 3.8) is 0 Å². The van der Waals surface area contributed by atoms with E-state index in [0.29, 0.717) is 0 Å². The van der Waals surface area contributed by atoms with Gasteiger partial charge < -0.3 is 10.6 Å². The molecule has 2 rings (SSSR count). The molecule has 2 heterocycles. The van der Waals surface area contributed by atoms with Gasteiger partial charge in [-0.25, -0.2) is 0 Å². The molecule has 112 valence electrons. The third-order valence-corrected chi connectivity index (χ3v) is 4.83. The van der Waals surface area contributed by atoms with Gasteiger partial charge in [-0.05, 0) is 18.6 Å². The summed E-state index contributed by atoms with van der Waals surface area (Å²) in [6.07, 6.45) is 1.72. The Bertz CT molecular complexity index is 443. The van der Waals surface area contributed by atoms with E-state index in [1.165, 1.54) is 4.88 Å². The van der Waals surface area contributed by atoms with Crippen LogP contribution >= 0.6 is 22.9 Å². The lowest BCUT2D eigenvalue weighted by molar-refractivity contribution is -0.134. The van der Waals surface area contributed by atoms with Crippen LogP contribution in [0.15, 0.2) is 12.1 Å². The van der Waals surface area contributed by atoms with Gasteiger partial charge in [-0.2, -0.15) is 0 Å². The van der Waals surface area contributed by atoms with E-state index in [9.17, 15) is 4.79 Å². The fourth-order valence-corrected chi connectivity index (χ4v) is 3.58. The third kappa shape index (κ3) is 4.19. The molecule has 20 heavy (non-hydrogen) atoms. The van der Waals surface area contributed by atoms with E-state index in [0.717, 1.165) is 49.9 Å². The smallest absolute Gasteiger partial charge is 0.239 e. The van der Waals surface area contributed by atoms with E-state index in [2.05, 4.69) is 17.9 Å². The van der Waals surface area contributed by atoms with Crippen LogP contribution in [0.1, 0.15) is 24.6 Å². The fraction of sp³-hybridized carbons (Fsp3) is 0.643. The van der Waals surface area contributed by atoms with E-state index in [4.69, 9.17) is 17.3 Å². The van der Waals surface area contributed by atoms with Crippen molar-refractivity contribution in [1.29, 1.82) is 0 Å². The topological polar surface area (TPSA) is 49.6 Å². The minimum Gasteiger partial charge on any atom is -0.339 e. The van der Waals surface area contributed by atoms with Gasteiger partial charge >= 0.3 is 0 Å². The summed E-state index contributed by atoms with van der Waals surface area (Å²) < 4.78 is 0.833. The van der Waals surface area contributed by atoms with Crippen LogP contribution in [0.25, 0.3) is 0 Å². The molecule has 0 aliphatic carbocycles. The third-order valence-electron chi connectivity index (χ3n) is 3.61. The molecule has 0 bridgehead atoms. The molecule has 1 aliphatic heterocycles. The van der Waals surface area contributed by atoms with Crippen LogP contribution in [0.4, 0.5) is 0 Å². The lowest BCUT2D eigenvalue weighted by Crippen LogP contribution is -2.52. The Hall–Kier alpha value is -0.620. The Morgan fingerprint density at radius 3 is 2.65 bits per heavy atom. The first-order valence-corrected chi connectivity index (χ1v) is 8.30. The number of nitrogens with zero attached hydrogens (tertiary/aromatic N) is 2. The molecular weight excluding hydrogens is 294 g/mol. The molecule has 1 amide bonds. The van der Waals surface area contributed by atoms with Crippen LogP contribution in [0.3, 0.4) is 0 Å². The molecule has 4 nitrogen and oxygen atoms in total. The zero-order valence-electron chi connectivity index (χ0n) is 11.8. The van der Waals surface area contributed by atoms with Gasteiger partial charge in [0.15, 0.2) is 0 Å². The zero-order chi connectivity index (χ0) is 14.5. The first kappa shape index (κ1) is 15.8. The van der Waals surface area contributed by atoms with E-state index < -0.39 is 0 Å². The molecule has 1 saturated heterocycles. The molecule has 1 aromatic rings. The summed E-state index contributed by atoms with van der Waals surface area (Å²) >= 11 is 7.56. The molecule has 1 aromatic heterocycles. The van der Waals surface area contributed by atoms with Crippen LogP contribution in [0.5, 0.6) is 0 Å². The second-order valence-electron chi connectivity index (χ2n) is 5.20.